The zero-order chi connectivity index (χ0) is 19.9. The summed E-state index contributed by atoms with van der Waals surface area (Å²) in [5.74, 6) is -0.153. The third-order valence-electron chi connectivity index (χ3n) is 5.61. The smallest absolute Gasteiger partial charge is 0.232 e. The van der Waals surface area contributed by atoms with E-state index in [-0.39, 0.29) is 11.7 Å². The Morgan fingerprint density at radius 3 is 2.54 bits per heavy atom. The van der Waals surface area contributed by atoms with E-state index in [1.807, 2.05) is 54.1 Å². The van der Waals surface area contributed by atoms with Crippen molar-refractivity contribution in [3.63, 3.8) is 0 Å². The fourth-order valence-electron chi connectivity index (χ4n) is 3.98. The van der Waals surface area contributed by atoms with Crippen LogP contribution in [0.3, 0.4) is 0 Å². The number of hydrogen-bond donors (Lipinski definition) is 1. The number of nitrogens with zero attached hydrogens (tertiary/aromatic N) is 2. The van der Waals surface area contributed by atoms with E-state index < -0.39 is 5.41 Å². The van der Waals surface area contributed by atoms with Gasteiger partial charge in [0.1, 0.15) is 5.82 Å². The second-order valence-electron chi connectivity index (χ2n) is 7.75. The van der Waals surface area contributed by atoms with Gasteiger partial charge >= 0.3 is 0 Å². The summed E-state index contributed by atoms with van der Waals surface area (Å²) in [4.78, 5) is 20.5. The number of amides is 1. The Hall–Kier alpha value is -2.53. The number of aromatic nitrogens is 1. The first-order valence-corrected chi connectivity index (χ1v) is 9.81. The number of para-hydroxylation sites is 1. The molecule has 146 valence electrons. The molecule has 1 saturated heterocycles. The van der Waals surface area contributed by atoms with Gasteiger partial charge in [-0.15, -0.1) is 0 Å². The molecule has 1 aliphatic heterocycles. The molecule has 1 amide bonds. The molecule has 4 nitrogen and oxygen atoms in total. The maximum absolute atomic E-state index is 14.0. The number of fused-ring (bicyclic) bond motifs is 1. The Kier molecular flexibility index (Phi) is 4.79. The Morgan fingerprint density at radius 2 is 1.82 bits per heavy atom. The van der Waals surface area contributed by atoms with Gasteiger partial charge in [-0.1, -0.05) is 23.7 Å². The maximum Gasteiger partial charge on any atom is 0.232 e. The van der Waals surface area contributed by atoms with Crippen molar-refractivity contribution in [1.82, 2.24) is 9.88 Å². The zero-order valence-corrected chi connectivity index (χ0v) is 16.8. The van der Waals surface area contributed by atoms with E-state index in [1.54, 1.807) is 12.1 Å². The third-order valence-corrected chi connectivity index (χ3v) is 5.85. The van der Waals surface area contributed by atoms with Gasteiger partial charge in [0.2, 0.25) is 5.91 Å². The molecule has 2 aromatic carbocycles. The Bertz CT molecular complexity index is 1020. The highest BCUT2D eigenvalue weighted by Gasteiger charge is 2.37. The number of carbonyl (C=O) groups is 1. The van der Waals surface area contributed by atoms with Crippen molar-refractivity contribution in [2.75, 3.05) is 31.1 Å². The SMILES string of the molecule is CC(C)(C(=O)N1CCN(c2ccccc2F)CC1)c1c[nH]c2ccc(Cl)cc12. The van der Waals surface area contributed by atoms with E-state index >= 15 is 0 Å². The lowest BCUT2D eigenvalue weighted by Crippen LogP contribution is -2.53. The number of rotatable bonds is 3. The third kappa shape index (κ3) is 3.24. The average Bonchev–Trinajstić information content (AvgIpc) is 3.12. The largest absolute Gasteiger partial charge is 0.366 e. The van der Waals surface area contributed by atoms with E-state index in [2.05, 4.69) is 4.98 Å². The molecule has 6 heteroatoms. The quantitative estimate of drug-likeness (QED) is 0.699. The molecule has 4 rings (SSSR count). The molecule has 1 aromatic heterocycles. The highest BCUT2D eigenvalue weighted by molar-refractivity contribution is 6.31. The summed E-state index contributed by atoms with van der Waals surface area (Å²) in [6.45, 7) is 6.26. The number of carbonyl (C=O) groups excluding carboxylic acids is 1. The predicted octanol–water partition coefficient (Wildman–Crippen LogP) is 4.59. The van der Waals surface area contributed by atoms with Crippen molar-refractivity contribution in [3.05, 3.63) is 65.1 Å². The van der Waals surface area contributed by atoms with Crippen molar-refractivity contribution < 1.29 is 9.18 Å². The molecule has 1 fully saturated rings. The lowest BCUT2D eigenvalue weighted by Gasteiger charge is -2.39. The summed E-state index contributed by atoms with van der Waals surface area (Å²) >= 11 is 6.17. The van der Waals surface area contributed by atoms with Crippen molar-refractivity contribution in [1.29, 1.82) is 0 Å². The number of aromatic amines is 1. The first kappa shape index (κ1) is 18.8. The van der Waals surface area contributed by atoms with Gasteiger partial charge in [0, 0.05) is 48.3 Å². The van der Waals surface area contributed by atoms with E-state index in [0.717, 1.165) is 16.5 Å². The molecule has 0 unspecified atom stereocenters. The fourth-order valence-corrected chi connectivity index (χ4v) is 4.15. The van der Waals surface area contributed by atoms with Crippen LogP contribution in [-0.2, 0) is 10.2 Å². The first-order valence-electron chi connectivity index (χ1n) is 9.44. The zero-order valence-electron chi connectivity index (χ0n) is 16.0. The molecule has 0 bridgehead atoms. The monoisotopic (exact) mass is 399 g/mol. The van der Waals surface area contributed by atoms with Gasteiger partial charge in [0.25, 0.3) is 0 Å². The lowest BCUT2D eigenvalue weighted by atomic mass is 9.82. The van der Waals surface area contributed by atoms with Crippen molar-refractivity contribution in [3.8, 4) is 0 Å². The molecule has 0 aliphatic carbocycles. The average molecular weight is 400 g/mol. The number of piperazine rings is 1. The van der Waals surface area contributed by atoms with Gasteiger partial charge in [-0.2, -0.15) is 0 Å². The number of halogens is 2. The standard InChI is InChI=1S/C22H23ClFN3O/c1-22(2,17-14-25-19-8-7-15(23)13-16(17)19)21(28)27-11-9-26(10-12-27)20-6-4-3-5-18(20)24/h3-8,13-14,25H,9-12H2,1-2H3. The molecule has 0 radical (unpaired) electrons. The molecule has 0 atom stereocenters. The molecular formula is C22H23ClFN3O. The first-order chi connectivity index (χ1) is 13.4. The summed E-state index contributed by atoms with van der Waals surface area (Å²) in [5, 5.41) is 1.62. The van der Waals surface area contributed by atoms with Crippen LogP contribution in [0, 0.1) is 5.82 Å². The van der Waals surface area contributed by atoms with E-state index in [0.29, 0.717) is 36.9 Å². The van der Waals surface area contributed by atoms with Crippen LogP contribution in [0.1, 0.15) is 19.4 Å². The summed E-state index contributed by atoms with van der Waals surface area (Å²) in [5.41, 5.74) is 1.81. The summed E-state index contributed by atoms with van der Waals surface area (Å²) in [6.07, 6.45) is 1.90. The molecule has 0 saturated carbocycles. The van der Waals surface area contributed by atoms with E-state index in [1.165, 1.54) is 6.07 Å². The normalized spacial score (nSPS) is 15.3. The van der Waals surface area contributed by atoms with Crippen molar-refractivity contribution >= 4 is 34.1 Å². The van der Waals surface area contributed by atoms with E-state index in [9.17, 15) is 9.18 Å². The minimum absolute atomic E-state index is 0.0709. The van der Waals surface area contributed by atoms with Crippen molar-refractivity contribution in [2.24, 2.45) is 0 Å². The molecular weight excluding hydrogens is 377 g/mol. The van der Waals surface area contributed by atoms with Gasteiger partial charge in [0.15, 0.2) is 0 Å². The van der Waals surface area contributed by atoms with Crippen LogP contribution in [0.4, 0.5) is 10.1 Å². The van der Waals surface area contributed by atoms with E-state index in [4.69, 9.17) is 11.6 Å². The minimum atomic E-state index is -0.691. The van der Waals surface area contributed by atoms with Crippen molar-refractivity contribution in [2.45, 2.75) is 19.3 Å². The Morgan fingerprint density at radius 1 is 1.11 bits per heavy atom. The van der Waals surface area contributed by atoms with Crippen LogP contribution in [0.5, 0.6) is 0 Å². The number of anilines is 1. The van der Waals surface area contributed by atoms with Crippen LogP contribution >= 0.6 is 11.6 Å². The maximum atomic E-state index is 14.0. The molecule has 28 heavy (non-hydrogen) atoms. The summed E-state index contributed by atoms with van der Waals surface area (Å²) < 4.78 is 14.0. The second kappa shape index (κ2) is 7.13. The lowest BCUT2D eigenvalue weighted by molar-refractivity contribution is -0.136. The molecule has 2 heterocycles. The van der Waals surface area contributed by atoms with Crippen LogP contribution in [0.25, 0.3) is 10.9 Å². The van der Waals surface area contributed by atoms with Gasteiger partial charge in [-0.05, 0) is 49.7 Å². The van der Waals surface area contributed by atoms with Gasteiger partial charge in [-0.25, -0.2) is 4.39 Å². The molecule has 0 spiro atoms. The van der Waals surface area contributed by atoms with Crippen LogP contribution in [0.15, 0.2) is 48.7 Å². The summed E-state index contributed by atoms with van der Waals surface area (Å²) in [6, 6.07) is 12.4. The van der Waals surface area contributed by atoms with Crippen LogP contribution < -0.4 is 4.90 Å². The number of nitrogens with one attached hydrogen (secondary N) is 1. The fraction of sp³-hybridized carbons (Fsp3) is 0.318. The van der Waals surface area contributed by atoms with Crippen LogP contribution in [-0.4, -0.2) is 42.0 Å². The number of H-pyrrole nitrogens is 1. The topological polar surface area (TPSA) is 39.3 Å². The Balaban J connectivity index is 1.53. The minimum Gasteiger partial charge on any atom is -0.366 e. The Labute approximate surface area is 168 Å². The highest BCUT2D eigenvalue weighted by atomic mass is 35.5. The summed E-state index contributed by atoms with van der Waals surface area (Å²) in [7, 11) is 0. The molecule has 1 N–H and O–H groups in total. The highest BCUT2D eigenvalue weighted by Crippen LogP contribution is 2.34. The van der Waals surface area contributed by atoms with Crippen LogP contribution in [0.2, 0.25) is 5.02 Å². The molecule has 3 aromatic rings. The number of hydrogen-bond acceptors (Lipinski definition) is 2. The second-order valence-corrected chi connectivity index (χ2v) is 8.18. The number of benzene rings is 2. The van der Waals surface area contributed by atoms with Gasteiger partial charge in [0.05, 0.1) is 11.1 Å². The van der Waals surface area contributed by atoms with Gasteiger partial charge < -0.3 is 14.8 Å². The predicted molar refractivity (Wildman–Crippen MR) is 112 cm³/mol. The molecule has 1 aliphatic rings. The van der Waals surface area contributed by atoms with Gasteiger partial charge in [-0.3, -0.25) is 4.79 Å².